The summed E-state index contributed by atoms with van der Waals surface area (Å²) < 4.78 is 5.69. The van der Waals surface area contributed by atoms with Gasteiger partial charge in [0.1, 0.15) is 0 Å². The second-order valence-corrected chi connectivity index (χ2v) is 6.96. The van der Waals surface area contributed by atoms with Gasteiger partial charge >= 0.3 is 0 Å². The van der Waals surface area contributed by atoms with Crippen LogP contribution in [0, 0.1) is 5.41 Å². The van der Waals surface area contributed by atoms with Crippen molar-refractivity contribution in [2.45, 2.75) is 65.1 Å². The summed E-state index contributed by atoms with van der Waals surface area (Å²) in [6.45, 7) is 13.5. The normalized spacial score (nSPS) is 35.7. The first-order chi connectivity index (χ1) is 8.52. The molecule has 0 aromatic rings. The molecular weight excluding hydrogens is 224 g/mol. The number of piperazine rings is 1. The van der Waals surface area contributed by atoms with Crippen molar-refractivity contribution in [3.05, 3.63) is 0 Å². The summed E-state index contributed by atoms with van der Waals surface area (Å²) in [5.41, 5.74) is 0.340. The quantitative estimate of drug-likeness (QED) is 0.818. The van der Waals surface area contributed by atoms with Crippen molar-refractivity contribution in [2.24, 2.45) is 5.41 Å². The van der Waals surface area contributed by atoms with Crippen LogP contribution in [0.3, 0.4) is 0 Å². The Morgan fingerprint density at radius 2 is 2.11 bits per heavy atom. The van der Waals surface area contributed by atoms with E-state index in [0.29, 0.717) is 23.5 Å². The van der Waals surface area contributed by atoms with E-state index in [-0.39, 0.29) is 0 Å². The number of rotatable bonds is 2. The Morgan fingerprint density at radius 1 is 1.33 bits per heavy atom. The average Bonchev–Trinajstić information content (AvgIpc) is 2.38. The van der Waals surface area contributed by atoms with Gasteiger partial charge in [0.15, 0.2) is 0 Å². The Bertz CT molecular complexity index is 256. The summed E-state index contributed by atoms with van der Waals surface area (Å²) in [6, 6.07) is 1.94. The summed E-state index contributed by atoms with van der Waals surface area (Å²) in [5.74, 6) is 0. The van der Waals surface area contributed by atoms with Crippen molar-refractivity contribution in [2.75, 3.05) is 26.3 Å². The minimum Gasteiger partial charge on any atom is -0.380 e. The van der Waals surface area contributed by atoms with Gasteiger partial charge in [-0.1, -0.05) is 27.7 Å². The van der Waals surface area contributed by atoms with Crippen LogP contribution < -0.4 is 5.32 Å². The Morgan fingerprint density at radius 3 is 2.67 bits per heavy atom. The first-order valence-corrected chi connectivity index (χ1v) is 7.59. The highest BCUT2D eigenvalue weighted by Crippen LogP contribution is 2.27. The number of hydrogen-bond acceptors (Lipinski definition) is 3. The molecular formula is C15H30N2O. The molecule has 3 heteroatoms. The molecule has 0 spiro atoms. The lowest BCUT2D eigenvalue weighted by Crippen LogP contribution is -2.63. The van der Waals surface area contributed by atoms with Crippen LogP contribution in [0.5, 0.6) is 0 Å². The van der Waals surface area contributed by atoms with Crippen molar-refractivity contribution in [3.8, 4) is 0 Å². The van der Waals surface area contributed by atoms with Crippen molar-refractivity contribution in [1.29, 1.82) is 0 Å². The van der Waals surface area contributed by atoms with Crippen molar-refractivity contribution in [1.82, 2.24) is 10.2 Å². The largest absolute Gasteiger partial charge is 0.380 e. The maximum Gasteiger partial charge on any atom is 0.0621 e. The molecule has 2 aliphatic heterocycles. The smallest absolute Gasteiger partial charge is 0.0621 e. The summed E-state index contributed by atoms with van der Waals surface area (Å²) in [7, 11) is 0. The van der Waals surface area contributed by atoms with E-state index < -0.39 is 0 Å². The van der Waals surface area contributed by atoms with Crippen LogP contribution >= 0.6 is 0 Å². The molecule has 0 aliphatic carbocycles. The molecule has 0 aromatic carbocycles. The van der Waals surface area contributed by atoms with Gasteiger partial charge in [0.25, 0.3) is 0 Å². The molecule has 0 saturated carbocycles. The molecule has 0 bridgehead atoms. The summed E-state index contributed by atoms with van der Waals surface area (Å²) in [5, 5.41) is 3.75. The van der Waals surface area contributed by atoms with Gasteiger partial charge in [-0.15, -0.1) is 0 Å². The van der Waals surface area contributed by atoms with Gasteiger partial charge in [0, 0.05) is 37.8 Å². The lowest BCUT2D eigenvalue weighted by Gasteiger charge is -2.48. The number of hydrogen-bond donors (Lipinski definition) is 1. The van der Waals surface area contributed by atoms with E-state index in [9.17, 15) is 0 Å². The standard InChI is InChI=1S/C15H30N2O/c1-5-12-9-16-14(15(2,3)4)10-17(12)13-7-6-8-18-11-13/h12-14,16H,5-11H2,1-4H3. The maximum absolute atomic E-state index is 5.69. The third kappa shape index (κ3) is 3.25. The fraction of sp³-hybridized carbons (Fsp3) is 1.00. The van der Waals surface area contributed by atoms with Crippen LogP contribution in [0.25, 0.3) is 0 Å². The van der Waals surface area contributed by atoms with Crippen LogP contribution in [0.15, 0.2) is 0 Å². The van der Waals surface area contributed by atoms with Crippen molar-refractivity contribution >= 4 is 0 Å². The average molecular weight is 254 g/mol. The zero-order valence-corrected chi connectivity index (χ0v) is 12.5. The third-order valence-corrected chi connectivity index (χ3v) is 4.58. The zero-order valence-electron chi connectivity index (χ0n) is 12.5. The minimum atomic E-state index is 0.340. The van der Waals surface area contributed by atoms with Gasteiger partial charge < -0.3 is 10.1 Å². The fourth-order valence-electron chi connectivity index (χ4n) is 3.21. The van der Waals surface area contributed by atoms with Crippen molar-refractivity contribution < 1.29 is 4.74 Å². The van der Waals surface area contributed by atoms with Crippen LogP contribution in [-0.4, -0.2) is 49.3 Å². The Balaban J connectivity index is 2.02. The van der Waals surface area contributed by atoms with Gasteiger partial charge in [-0.2, -0.15) is 0 Å². The predicted octanol–water partition coefficient (Wildman–Crippen LogP) is 2.26. The Hall–Kier alpha value is -0.120. The second-order valence-electron chi connectivity index (χ2n) is 6.96. The van der Waals surface area contributed by atoms with E-state index in [1.165, 1.54) is 25.8 Å². The molecule has 1 N–H and O–H groups in total. The highest BCUT2D eigenvalue weighted by Gasteiger charge is 2.36. The molecule has 2 saturated heterocycles. The molecule has 3 nitrogen and oxygen atoms in total. The first kappa shape index (κ1) is 14.3. The maximum atomic E-state index is 5.69. The second kappa shape index (κ2) is 5.89. The van der Waals surface area contributed by atoms with Gasteiger partial charge in [-0.3, -0.25) is 4.90 Å². The van der Waals surface area contributed by atoms with Gasteiger partial charge in [-0.25, -0.2) is 0 Å². The molecule has 0 radical (unpaired) electrons. The van der Waals surface area contributed by atoms with E-state index in [1.54, 1.807) is 0 Å². The number of nitrogens with zero attached hydrogens (tertiary/aromatic N) is 1. The minimum absolute atomic E-state index is 0.340. The lowest BCUT2D eigenvalue weighted by atomic mass is 9.84. The van der Waals surface area contributed by atoms with Crippen LogP contribution in [0.4, 0.5) is 0 Å². The molecule has 3 unspecified atom stereocenters. The zero-order chi connectivity index (χ0) is 13.2. The van der Waals surface area contributed by atoms with Gasteiger partial charge in [0.05, 0.1) is 6.61 Å². The topological polar surface area (TPSA) is 24.5 Å². The third-order valence-electron chi connectivity index (χ3n) is 4.58. The highest BCUT2D eigenvalue weighted by molar-refractivity contribution is 4.94. The SMILES string of the molecule is CCC1CNC(C(C)(C)C)CN1C1CCCOC1. The predicted molar refractivity (Wildman–Crippen MR) is 75.9 cm³/mol. The Labute approximate surface area is 112 Å². The summed E-state index contributed by atoms with van der Waals surface area (Å²) in [6.07, 6.45) is 3.78. The molecule has 106 valence electrons. The first-order valence-electron chi connectivity index (χ1n) is 7.59. The molecule has 18 heavy (non-hydrogen) atoms. The van der Waals surface area contributed by atoms with E-state index in [2.05, 4.69) is 37.9 Å². The Kier molecular flexibility index (Phi) is 4.68. The van der Waals surface area contributed by atoms with Gasteiger partial charge in [-0.05, 0) is 24.7 Å². The molecule has 0 aromatic heterocycles. The summed E-state index contributed by atoms with van der Waals surface area (Å²) >= 11 is 0. The van der Waals surface area contributed by atoms with Crippen LogP contribution in [-0.2, 0) is 4.74 Å². The number of nitrogens with one attached hydrogen (secondary N) is 1. The molecule has 3 atom stereocenters. The molecule has 2 aliphatic rings. The van der Waals surface area contributed by atoms with Crippen LogP contribution in [0.2, 0.25) is 0 Å². The van der Waals surface area contributed by atoms with E-state index >= 15 is 0 Å². The summed E-state index contributed by atoms with van der Waals surface area (Å²) in [4.78, 5) is 2.73. The molecule has 2 fully saturated rings. The van der Waals surface area contributed by atoms with Crippen LogP contribution in [0.1, 0.15) is 47.0 Å². The monoisotopic (exact) mass is 254 g/mol. The highest BCUT2D eigenvalue weighted by atomic mass is 16.5. The van der Waals surface area contributed by atoms with E-state index in [1.807, 2.05) is 0 Å². The van der Waals surface area contributed by atoms with Gasteiger partial charge in [0.2, 0.25) is 0 Å². The lowest BCUT2D eigenvalue weighted by molar-refractivity contribution is -0.0260. The fourth-order valence-corrected chi connectivity index (χ4v) is 3.21. The van der Waals surface area contributed by atoms with Crippen molar-refractivity contribution in [3.63, 3.8) is 0 Å². The van der Waals surface area contributed by atoms with E-state index in [0.717, 1.165) is 19.8 Å². The number of ether oxygens (including phenoxy) is 1. The molecule has 2 heterocycles. The van der Waals surface area contributed by atoms with E-state index in [4.69, 9.17) is 4.74 Å². The molecule has 2 rings (SSSR count). The molecule has 0 amide bonds.